The molecule has 3 rings (SSSR count). The van der Waals surface area contributed by atoms with Gasteiger partial charge in [0, 0.05) is 11.8 Å². The summed E-state index contributed by atoms with van der Waals surface area (Å²) in [6.07, 6.45) is 0. The molecule has 0 bridgehead atoms. The average molecular weight is 285 g/mol. The van der Waals surface area contributed by atoms with Crippen molar-refractivity contribution >= 4 is 17.2 Å². The van der Waals surface area contributed by atoms with Crippen molar-refractivity contribution in [2.45, 2.75) is 5.88 Å². The van der Waals surface area contributed by atoms with Crippen molar-refractivity contribution < 1.29 is 0 Å². The molecule has 1 aromatic carbocycles. The number of fused-ring (bicyclic) bond motifs is 1. The van der Waals surface area contributed by atoms with Crippen molar-refractivity contribution in [3.8, 4) is 17.2 Å². The van der Waals surface area contributed by atoms with Crippen LogP contribution in [0, 0.1) is 11.3 Å². The van der Waals surface area contributed by atoms with Crippen molar-refractivity contribution in [1.29, 1.82) is 5.26 Å². The Morgan fingerprint density at radius 2 is 2.10 bits per heavy atom. The number of aromatic amines is 1. The molecule has 0 aliphatic heterocycles. The van der Waals surface area contributed by atoms with Crippen LogP contribution in [0.4, 0.5) is 0 Å². The summed E-state index contributed by atoms with van der Waals surface area (Å²) in [5.74, 6) is 0.188. The number of nitriles is 1. The van der Waals surface area contributed by atoms with Crippen LogP contribution in [0.3, 0.4) is 0 Å². The van der Waals surface area contributed by atoms with E-state index in [1.165, 1.54) is 10.6 Å². The zero-order chi connectivity index (χ0) is 14.1. The van der Waals surface area contributed by atoms with Crippen LogP contribution in [0.25, 0.3) is 16.8 Å². The monoisotopic (exact) mass is 284 g/mol. The van der Waals surface area contributed by atoms with Gasteiger partial charge in [-0.25, -0.2) is 0 Å². The first-order valence-electron chi connectivity index (χ1n) is 5.91. The van der Waals surface area contributed by atoms with Crippen molar-refractivity contribution in [2.24, 2.45) is 0 Å². The van der Waals surface area contributed by atoms with Crippen LogP contribution < -0.4 is 5.56 Å². The average Bonchev–Trinajstić information content (AvgIpc) is 2.87. The van der Waals surface area contributed by atoms with E-state index in [4.69, 9.17) is 11.6 Å². The van der Waals surface area contributed by atoms with Gasteiger partial charge in [-0.05, 0) is 5.56 Å². The number of hydrogen-bond donors (Lipinski definition) is 1. The third-order valence-corrected chi connectivity index (χ3v) is 3.27. The maximum atomic E-state index is 12.0. The van der Waals surface area contributed by atoms with Crippen molar-refractivity contribution in [1.82, 2.24) is 14.6 Å². The lowest BCUT2D eigenvalue weighted by atomic mass is 10.1. The molecule has 3 aromatic rings. The number of H-pyrrole nitrogens is 1. The zero-order valence-electron chi connectivity index (χ0n) is 10.3. The fourth-order valence-electron chi connectivity index (χ4n) is 2.12. The van der Waals surface area contributed by atoms with Gasteiger partial charge in [-0.1, -0.05) is 30.3 Å². The molecule has 0 fully saturated rings. The summed E-state index contributed by atoms with van der Waals surface area (Å²) < 4.78 is 1.19. The van der Waals surface area contributed by atoms with Gasteiger partial charge in [0.1, 0.15) is 11.7 Å². The van der Waals surface area contributed by atoms with Gasteiger partial charge < -0.3 is 4.98 Å². The predicted molar refractivity (Wildman–Crippen MR) is 75.5 cm³/mol. The largest absolute Gasteiger partial charge is 0.342 e. The van der Waals surface area contributed by atoms with E-state index >= 15 is 0 Å². The lowest BCUT2D eigenvalue weighted by molar-refractivity contribution is 0.881. The SMILES string of the molecule is N#Cc1nn2c(=O)cc(CCl)[nH]c2c1-c1ccccc1. The summed E-state index contributed by atoms with van der Waals surface area (Å²) in [6, 6.07) is 12.7. The molecule has 0 unspecified atom stereocenters. The van der Waals surface area contributed by atoms with Crippen molar-refractivity contribution in [3.05, 3.63) is 58.1 Å². The van der Waals surface area contributed by atoms with Crippen LogP contribution >= 0.6 is 11.6 Å². The second kappa shape index (κ2) is 4.83. The Morgan fingerprint density at radius 3 is 2.75 bits per heavy atom. The summed E-state index contributed by atoms with van der Waals surface area (Å²) in [5, 5.41) is 13.3. The van der Waals surface area contributed by atoms with E-state index < -0.39 is 0 Å². The number of benzene rings is 1. The molecule has 0 amide bonds. The van der Waals surface area contributed by atoms with Crippen LogP contribution in [0.5, 0.6) is 0 Å². The van der Waals surface area contributed by atoms with E-state index in [0.717, 1.165) is 5.56 Å². The highest BCUT2D eigenvalue weighted by Crippen LogP contribution is 2.26. The molecule has 1 N–H and O–H groups in total. The molecule has 0 atom stereocenters. The molecular weight excluding hydrogens is 276 g/mol. The first-order chi connectivity index (χ1) is 9.74. The molecule has 0 saturated carbocycles. The lowest BCUT2D eigenvalue weighted by Gasteiger charge is -2.01. The van der Waals surface area contributed by atoms with Gasteiger partial charge >= 0.3 is 0 Å². The summed E-state index contributed by atoms with van der Waals surface area (Å²) >= 11 is 5.77. The fourth-order valence-corrected chi connectivity index (χ4v) is 2.26. The number of rotatable bonds is 2. The van der Waals surface area contributed by atoms with E-state index in [0.29, 0.717) is 16.9 Å². The first-order valence-corrected chi connectivity index (χ1v) is 6.44. The second-order valence-electron chi connectivity index (χ2n) is 4.23. The summed E-state index contributed by atoms with van der Waals surface area (Å²) in [4.78, 5) is 15.0. The summed E-state index contributed by atoms with van der Waals surface area (Å²) in [7, 11) is 0. The molecule has 98 valence electrons. The van der Waals surface area contributed by atoms with Crippen LogP contribution in [0.15, 0.2) is 41.2 Å². The molecule has 0 aliphatic rings. The van der Waals surface area contributed by atoms with Gasteiger partial charge in [0.05, 0.1) is 11.4 Å². The first kappa shape index (κ1) is 12.5. The van der Waals surface area contributed by atoms with Crippen LogP contribution in [0.2, 0.25) is 0 Å². The third kappa shape index (κ3) is 1.87. The zero-order valence-corrected chi connectivity index (χ0v) is 11.1. The number of nitrogens with zero attached hydrogens (tertiary/aromatic N) is 3. The molecule has 0 spiro atoms. The Balaban J connectivity index is 2.44. The Bertz CT molecular complexity index is 874. The fraction of sp³-hybridized carbons (Fsp3) is 0.0714. The minimum atomic E-state index is -0.312. The minimum Gasteiger partial charge on any atom is -0.342 e. The smallest absolute Gasteiger partial charge is 0.274 e. The van der Waals surface area contributed by atoms with E-state index in [9.17, 15) is 10.1 Å². The Kier molecular flexibility index (Phi) is 3.01. The van der Waals surface area contributed by atoms with E-state index in [1.807, 2.05) is 36.4 Å². The Labute approximate surface area is 119 Å². The van der Waals surface area contributed by atoms with Gasteiger partial charge in [-0.2, -0.15) is 14.9 Å². The van der Waals surface area contributed by atoms with Crippen LogP contribution in [-0.2, 0) is 5.88 Å². The minimum absolute atomic E-state index is 0.188. The van der Waals surface area contributed by atoms with Gasteiger partial charge in [0.25, 0.3) is 5.56 Å². The Hall–Kier alpha value is -2.58. The number of alkyl halides is 1. The Morgan fingerprint density at radius 1 is 1.35 bits per heavy atom. The maximum Gasteiger partial charge on any atom is 0.274 e. The molecular formula is C14H9ClN4O. The van der Waals surface area contributed by atoms with E-state index in [2.05, 4.69) is 10.1 Å². The van der Waals surface area contributed by atoms with Gasteiger partial charge in [0.2, 0.25) is 0 Å². The molecule has 6 heteroatoms. The molecule has 0 saturated heterocycles. The van der Waals surface area contributed by atoms with Crippen molar-refractivity contribution in [3.63, 3.8) is 0 Å². The molecule has 0 radical (unpaired) electrons. The van der Waals surface area contributed by atoms with Crippen LogP contribution in [-0.4, -0.2) is 14.6 Å². The van der Waals surface area contributed by atoms with E-state index in [1.54, 1.807) is 0 Å². The van der Waals surface area contributed by atoms with Gasteiger partial charge in [-0.3, -0.25) is 4.79 Å². The highest BCUT2D eigenvalue weighted by atomic mass is 35.5. The maximum absolute atomic E-state index is 12.0. The molecule has 20 heavy (non-hydrogen) atoms. The second-order valence-corrected chi connectivity index (χ2v) is 4.50. The molecule has 0 aliphatic carbocycles. The predicted octanol–water partition coefficient (Wildman–Crippen LogP) is 2.30. The number of hydrogen-bond acceptors (Lipinski definition) is 3. The van der Waals surface area contributed by atoms with Crippen LogP contribution in [0.1, 0.15) is 11.4 Å². The number of nitrogens with one attached hydrogen (secondary N) is 1. The summed E-state index contributed by atoms with van der Waals surface area (Å²) in [5.41, 5.74) is 2.39. The molecule has 5 nitrogen and oxygen atoms in total. The van der Waals surface area contributed by atoms with Crippen molar-refractivity contribution in [2.75, 3.05) is 0 Å². The lowest BCUT2D eigenvalue weighted by Crippen LogP contribution is -2.15. The number of halogens is 1. The normalized spacial score (nSPS) is 10.6. The quantitative estimate of drug-likeness (QED) is 0.734. The highest BCUT2D eigenvalue weighted by Gasteiger charge is 2.16. The third-order valence-electron chi connectivity index (χ3n) is 2.98. The number of aromatic nitrogens is 3. The topological polar surface area (TPSA) is 74.0 Å². The molecule has 2 heterocycles. The van der Waals surface area contributed by atoms with Gasteiger partial charge in [-0.15, -0.1) is 11.6 Å². The standard InChI is InChI=1S/C14H9ClN4O/c15-7-10-6-12(20)19-14(17-10)13(11(8-16)18-19)9-4-2-1-3-5-9/h1-6,17H,7H2. The van der Waals surface area contributed by atoms with Gasteiger partial charge in [0.15, 0.2) is 5.69 Å². The molecule has 2 aromatic heterocycles. The highest BCUT2D eigenvalue weighted by molar-refractivity contribution is 6.16. The van der Waals surface area contributed by atoms with E-state index in [-0.39, 0.29) is 17.1 Å². The summed E-state index contributed by atoms with van der Waals surface area (Å²) in [6.45, 7) is 0.